The van der Waals surface area contributed by atoms with Gasteiger partial charge in [0.05, 0.1) is 10.9 Å². The summed E-state index contributed by atoms with van der Waals surface area (Å²) in [6, 6.07) is 5.46. The van der Waals surface area contributed by atoms with Gasteiger partial charge < -0.3 is 4.98 Å². The second-order valence-corrected chi connectivity index (χ2v) is 3.40. The van der Waals surface area contributed by atoms with Gasteiger partial charge in [-0.3, -0.25) is 4.79 Å². The Morgan fingerprint density at radius 1 is 1.50 bits per heavy atom. The minimum Gasteiger partial charge on any atom is -0.310 e. The lowest BCUT2D eigenvalue weighted by molar-refractivity contribution is 1.06. The number of rotatable bonds is 1. The molecule has 0 aliphatic heterocycles. The Morgan fingerprint density at radius 3 is 3.00 bits per heavy atom. The van der Waals surface area contributed by atoms with Gasteiger partial charge in [-0.05, 0) is 24.6 Å². The molecule has 0 bridgehead atoms. The molecule has 0 radical (unpaired) electrons. The molecule has 0 saturated heterocycles. The standard InChI is InChI=1S/C10H9ClN2O/c1-6-12-9-3-2-7(5-11)4-8(9)10(14)13-6/h2-4H,5H2,1H3,(H,12,13,14). The molecule has 0 saturated carbocycles. The number of hydrogen-bond acceptors (Lipinski definition) is 2. The lowest BCUT2D eigenvalue weighted by Crippen LogP contribution is -2.09. The van der Waals surface area contributed by atoms with E-state index in [4.69, 9.17) is 11.6 Å². The van der Waals surface area contributed by atoms with Gasteiger partial charge >= 0.3 is 0 Å². The van der Waals surface area contributed by atoms with Crippen LogP contribution in [0.2, 0.25) is 0 Å². The van der Waals surface area contributed by atoms with Gasteiger partial charge in [0, 0.05) is 5.88 Å². The van der Waals surface area contributed by atoms with E-state index in [0.29, 0.717) is 22.6 Å². The van der Waals surface area contributed by atoms with E-state index in [1.807, 2.05) is 12.1 Å². The molecule has 4 heteroatoms. The maximum Gasteiger partial charge on any atom is 0.258 e. The second-order valence-electron chi connectivity index (χ2n) is 3.14. The van der Waals surface area contributed by atoms with Gasteiger partial charge in [-0.25, -0.2) is 4.98 Å². The quantitative estimate of drug-likeness (QED) is 0.729. The summed E-state index contributed by atoms with van der Waals surface area (Å²) in [5.41, 5.74) is 1.52. The average molecular weight is 209 g/mol. The predicted molar refractivity (Wildman–Crippen MR) is 56.7 cm³/mol. The highest BCUT2D eigenvalue weighted by Crippen LogP contribution is 2.11. The third-order valence-corrected chi connectivity index (χ3v) is 2.35. The average Bonchev–Trinajstić information content (AvgIpc) is 2.17. The number of fused-ring (bicyclic) bond motifs is 1. The monoisotopic (exact) mass is 208 g/mol. The van der Waals surface area contributed by atoms with E-state index in [-0.39, 0.29) is 5.56 Å². The molecule has 1 aromatic carbocycles. The fraction of sp³-hybridized carbons (Fsp3) is 0.200. The van der Waals surface area contributed by atoms with Crippen molar-refractivity contribution in [3.8, 4) is 0 Å². The maximum absolute atomic E-state index is 11.5. The molecule has 0 atom stereocenters. The maximum atomic E-state index is 11.5. The van der Waals surface area contributed by atoms with Crippen LogP contribution in [0.5, 0.6) is 0 Å². The zero-order chi connectivity index (χ0) is 10.1. The van der Waals surface area contributed by atoms with Crippen LogP contribution in [0, 0.1) is 6.92 Å². The minimum absolute atomic E-state index is 0.112. The Bertz CT molecular complexity index is 533. The molecule has 14 heavy (non-hydrogen) atoms. The number of aromatic nitrogens is 2. The van der Waals surface area contributed by atoms with E-state index in [2.05, 4.69) is 9.97 Å². The van der Waals surface area contributed by atoms with Crippen molar-refractivity contribution in [1.82, 2.24) is 9.97 Å². The molecule has 0 aliphatic carbocycles. The normalized spacial score (nSPS) is 10.7. The smallest absolute Gasteiger partial charge is 0.258 e. The van der Waals surface area contributed by atoms with Gasteiger partial charge in [0.15, 0.2) is 0 Å². The summed E-state index contributed by atoms with van der Waals surface area (Å²) in [6.07, 6.45) is 0. The van der Waals surface area contributed by atoms with Gasteiger partial charge in [-0.2, -0.15) is 0 Å². The summed E-state index contributed by atoms with van der Waals surface area (Å²) in [6.45, 7) is 1.76. The lowest BCUT2D eigenvalue weighted by Gasteiger charge is -2.00. The summed E-state index contributed by atoms with van der Waals surface area (Å²) in [5, 5.41) is 0.591. The third-order valence-electron chi connectivity index (χ3n) is 2.04. The number of alkyl halides is 1. The van der Waals surface area contributed by atoms with Crippen LogP contribution in [0.1, 0.15) is 11.4 Å². The molecular weight excluding hydrogens is 200 g/mol. The number of nitrogens with zero attached hydrogens (tertiary/aromatic N) is 1. The Labute approximate surface area is 85.7 Å². The first-order valence-electron chi connectivity index (χ1n) is 4.26. The number of H-pyrrole nitrogens is 1. The molecule has 1 heterocycles. The van der Waals surface area contributed by atoms with Crippen LogP contribution in [0.25, 0.3) is 10.9 Å². The Hall–Kier alpha value is -1.35. The fourth-order valence-corrected chi connectivity index (χ4v) is 1.55. The molecule has 0 aliphatic rings. The van der Waals surface area contributed by atoms with E-state index in [1.165, 1.54) is 0 Å². The van der Waals surface area contributed by atoms with Crippen molar-refractivity contribution < 1.29 is 0 Å². The Balaban J connectivity index is 2.82. The van der Waals surface area contributed by atoms with Crippen molar-refractivity contribution in [3.63, 3.8) is 0 Å². The van der Waals surface area contributed by atoms with E-state index in [9.17, 15) is 4.79 Å². The van der Waals surface area contributed by atoms with Gasteiger partial charge in [0.1, 0.15) is 5.82 Å². The summed E-state index contributed by atoms with van der Waals surface area (Å²) < 4.78 is 0. The molecule has 2 aromatic rings. The molecule has 0 amide bonds. The predicted octanol–water partition coefficient (Wildman–Crippen LogP) is 1.97. The van der Waals surface area contributed by atoms with Crippen LogP contribution >= 0.6 is 11.6 Å². The highest BCUT2D eigenvalue weighted by molar-refractivity contribution is 6.17. The number of halogens is 1. The fourth-order valence-electron chi connectivity index (χ4n) is 1.39. The number of benzene rings is 1. The van der Waals surface area contributed by atoms with Crippen molar-refractivity contribution in [1.29, 1.82) is 0 Å². The van der Waals surface area contributed by atoms with Crippen LogP contribution in [0.3, 0.4) is 0 Å². The molecule has 3 nitrogen and oxygen atoms in total. The first kappa shape index (κ1) is 9.21. The van der Waals surface area contributed by atoms with Gasteiger partial charge in [0.2, 0.25) is 0 Å². The van der Waals surface area contributed by atoms with Crippen molar-refractivity contribution in [2.45, 2.75) is 12.8 Å². The van der Waals surface area contributed by atoms with Gasteiger partial charge in [-0.15, -0.1) is 11.6 Å². The van der Waals surface area contributed by atoms with Crippen molar-refractivity contribution in [3.05, 3.63) is 39.9 Å². The number of hydrogen-bond donors (Lipinski definition) is 1. The third kappa shape index (κ3) is 1.51. The molecular formula is C10H9ClN2O. The molecule has 2 rings (SSSR count). The largest absolute Gasteiger partial charge is 0.310 e. The number of nitrogens with one attached hydrogen (secondary N) is 1. The molecule has 0 unspecified atom stereocenters. The highest BCUT2D eigenvalue weighted by Gasteiger charge is 2.01. The number of aryl methyl sites for hydroxylation is 1. The van der Waals surface area contributed by atoms with Crippen LogP contribution in [-0.4, -0.2) is 9.97 Å². The van der Waals surface area contributed by atoms with Crippen LogP contribution in [-0.2, 0) is 5.88 Å². The summed E-state index contributed by atoms with van der Waals surface area (Å²) in [4.78, 5) is 18.4. The van der Waals surface area contributed by atoms with E-state index < -0.39 is 0 Å². The SMILES string of the molecule is Cc1nc2ccc(CCl)cc2c(=O)[nH]1. The summed E-state index contributed by atoms with van der Waals surface area (Å²) in [5.74, 6) is 1.03. The molecule has 1 aromatic heterocycles. The molecule has 72 valence electrons. The van der Waals surface area contributed by atoms with Crippen LogP contribution < -0.4 is 5.56 Å². The van der Waals surface area contributed by atoms with E-state index in [1.54, 1.807) is 13.0 Å². The topological polar surface area (TPSA) is 45.8 Å². The zero-order valence-electron chi connectivity index (χ0n) is 7.67. The van der Waals surface area contributed by atoms with Crippen molar-refractivity contribution in [2.75, 3.05) is 0 Å². The number of aromatic amines is 1. The minimum atomic E-state index is -0.112. The van der Waals surface area contributed by atoms with Crippen molar-refractivity contribution >= 4 is 22.5 Å². The molecule has 1 N–H and O–H groups in total. The Kier molecular flexibility index (Phi) is 2.25. The second kappa shape index (κ2) is 3.42. The van der Waals surface area contributed by atoms with Crippen LogP contribution in [0.15, 0.2) is 23.0 Å². The van der Waals surface area contributed by atoms with Gasteiger partial charge in [-0.1, -0.05) is 6.07 Å². The highest BCUT2D eigenvalue weighted by atomic mass is 35.5. The zero-order valence-corrected chi connectivity index (χ0v) is 8.43. The summed E-state index contributed by atoms with van der Waals surface area (Å²) >= 11 is 5.68. The Morgan fingerprint density at radius 2 is 2.29 bits per heavy atom. The van der Waals surface area contributed by atoms with Crippen molar-refractivity contribution in [2.24, 2.45) is 0 Å². The molecule has 0 spiro atoms. The van der Waals surface area contributed by atoms with Gasteiger partial charge in [0.25, 0.3) is 5.56 Å². The summed E-state index contributed by atoms with van der Waals surface area (Å²) in [7, 11) is 0. The first-order valence-corrected chi connectivity index (χ1v) is 4.79. The van der Waals surface area contributed by atoms with Crippen LogP contribution in [0.4, 0.5) is 0 Å². The molecule has 0 fully saturated rings. The first-order chi connectivity index (χ1) is 6.70. The lowest BCUT2D eigenvalue weighted by atomic mass is 10.2. The van der Waals surface area contributed by atoms with E-state index >= 15 is 0 Å². The van der Waals surface area contributed by atoms with E-state index in [0.717, 1.165) is 5.56 Å².